The van der Waals surface area contributed by atoms with E-state index in [9.17, 15) is 8.42 Å². The number of rotatable bonds is 4. The van der Waals surface area contributed by atoms with Crippen molar-refractivity contribution in [2.75, 3.05) is 10.5 Å². The molecule has 0 aromatic carbocycles. The second kappa shape index (κ2) is 5.12. The van der Waals surface area contributed by atoms with Gasteiger partial charge in [-0.1, -0.05) is 6.92 Å². The molecule has 20 heavy (non-hydrogen) atoms. The molecule has 2 heterocycles. The van der Waals surface area contributed by atoms with E-state index in [4.69, 9.17) is 5.73 Å². The van der Waals surface area contributed by atoms with Gasteiger partial charge in [0, 0.05) is 19.4 Å². The zero-order valence-corrected chi connectivity index (χ0v) is 12.4. The molecule has 8 heteroatoms. The second-order valence-electron chi connectivity index (χ2n) is 4.52. The number of nitrogen functional groups attached to an aromatic ring is 1. The Bertz CT molecular complexity index is 736. The monoisotopic (exact) mass is 295 g/mol. The van der Waals surface area contributed by atoms with Crippen molar-refractivity contribution in [2.45, 2.75) is 25.2 Å². The zero-order chi connectivity index (χ0) is 14.9. The molecule has 0 saturated heterocycles. The topological polar surface area (TPSA) is 103 Å². The lowest BCUT2D eigenvalue weighted by Crippen LogP contribution is -2.16. The van der Waals surface area contributed by atoms with Crippen molar-refractivity contribution < 1.29 is 8.42 Å². The summed E-state index contributed by atoms with van der Waals surface area (Å²) < 4.78 is 28.8. The second-order valence-corrected chi connectivity index (χ2v) is 6.17. The Balaban J connectivity index is 2.43. The Morgan fingerprint density at radius 3 is 2.80 bits per heavy atom. The van der Waals surface area contributed by atoms with Crippen molar-refractivity contribution in [3.63, 3.8) is 0 Å². The molecule has 108 valence electrons. The molecule has 0 spiro atoms. The van der Waals surface area contributed by atoms with Gasteiger partial charge >= 0.3 is 0 Å². The molecular formula is C12H17N5O2S. The molecule has 0 bridgehead atoms. The Kier molecular flexibility index (Phi) is 3.67. The van der Waals surface area contributed by atoms with Crippen LogP contribution in [0.25, 0.3) is 0 Å². The fraction of sp³-hybridized carbons (Fsp3) is 0.333. The van der Waals surface area contributed by atoms with E-state index in [1.807, 2.05) is 6.92 Å². The van der Waals surface area contributed by atoms with Gasteiger partial charge in [0.1, 0.15) is 10.7 Å². The van der Waals surface area contributed by atoms with Crippen LogP contribution in [0.1, 0.15) is 18.2 Å². The first-order valence-electron chi connectivity index (χ1n) is 6.11. The van der Waals surface area contributed by atoms with Gasteiger partial charge in [0.2, 0.25) is 0 Å². The number of hydrogen-bond donors (Lipinski definition) is 2. The minimum Gasteiger partial charge on any atom is -0.383 e. The van der Waals surface area contributed by atoms with Gasteiger partial charge in [0.05, 0.1) is 11.4 Å². The van der Waals surface area contributed by atoms with Crippen LogP contribution in [-0.2, 0) is 23.5 Å². The average Bonchev–Trinajstić information content (AvgIpc) is 2.71. The third-order valence-corrected chi connectivity index (χ3v) is 4.19. The molecule has 0 radical (unpaired) electrons. The Morgan fingerprint density at radius 2 is 2.15 bits per heavy atom. The number of nitrogens with zero attached hydrogens (tertiary/aromatic N) is 3. The van der Waals surface area contributed by atoms with Crippen molar-refractivity contribution in [1.29, 1.82) is 0 Å². The van der Waals surface area contributed by atoms with Crippen LogP contribution in [0, 0.1) is 6.92 Å². The van der Waals surface area contributed by atoms with Crippen LogP contribution in [0.15, 0.2) is 23.4 Å². The molecule has 0 unspecified atom stereocenters. The highest BCUT2D eigenvalue weighted by atomic mass is 32.2. The summed E-state index contributed by atoms with van der Waals surface area (Å²) in [5.74, 6) is -0.0231. The van der Waals surface area contributed by atoms with Gasteiger partial charge < -0.3 is 5.73 Å². The quantitative estimate of drug-likeness (QED) is 0.878. The standard InChI is InChI=1S/C12H17N5O2S/c1-4-9-10(7-17(3)15-9)16-20(18,19)11-5-8(2)6-14-12(11)13/h5-7,16H,4H2,1-3H3,(H2,13,14). The molecule has 0 amide bonds. The molecule has 2 aromatic heterocycles. The molecule has 0 aliphatic heterocycles. The molecule has 0 aliphatic carbocycles. The molecular weight excluding hydrogens is 278 g/mol. The minimum absolute atomic E-state index is 0.0231. The van der Waals surface area contributed by atoms with Crippen LogP contribution >= 0.6 is 0 Å². The van der Waals surface area contributed by atoms with E-state index in [0.717, 1.165) is 5.56 Å². The van der Waals surface area contributed by atoms with Crippen molar-refractivity contribution in [3.05, 3.63) is 29.7 Å². The van der Waals surface area contributed by atoms with Gasteiger partial charge in [-0.25, -0.2) is 13.4 Å². The number of hydrogen-bond acceptors (Lipinski definition) is 5. The van der Waals surface area contributed by atoms with E-state index < -0.39 is 10.0 Å². The zero-order valence-electron chi connectivity index (χ0n) is 11.6. The third kappa shape index (κ3) is 2.74. The first-order valence-corrected chi connectivity index (χ1v) is 7.59. The van der Waals surface area contributed by atoms with E-state index in [2.05, 4.69) is 14.8 Å². The van der Waals surface area contributed by atoms with Crippen LogP contribution in [0.3, 0.4) is 0 Å². The predicted octanol–water partition coefficient (Wildman–Crippen LogP) is 1.07. The first-order chi connectivity index (χ1) is 9.33. The van der Waals surface area contributed by atoms with E-state index >= 15 is 0 Å². The van der Waals surface area contributed by atoms with Crippen molar-refractivity contribution in [3.8, 4) is 0 Å². The van der Waals surface area contributed by atoms with E-state index in [1.165, 1.54) is 12.3 Å². The Morgan fingerprint density at radius 1 is 1.45 bits per heavy atom. The van der Waals surface area contributed by atoms with Crippen LogP contribution in [0.4, 0.5) is 11.5 Å². The number of anilines is 2. The van der Waals surface area contributed by atoms with Gasteiger partial charge in [-0.15, -0.1) is 0 Å². The maximum atomic E-state index is 12.4. The van der Waals surface area contributed by atoms with Gasteiger partial charge in [0.25, 0.3) is 10.0 Å². The number of aryl methyl sites for hydroxylation is 3. The summed E-state index contributed by atoms with van der Waals surface area (Å²) in [6.45, 7) is 3.66. The highest BCUT2D eigenvalue weighted by molar-refractivity contribution is 7.92. The van der Waals surface area contributed by atoms with Crippen LogP contribution < -0.4 is 10.5 Å². The highest BCUT2D eigenvalue weighted by Crippen LogP contribution is 2.22. The highest BCUT2D eigenvalue weighted by Gasteiger charge is 2.21. The van der Waals surface area contributed by atoms with Crippen molar-refractivity contribution in [1.82, 2.24) is 14.8 Å². The maximum Gasteiger partial charge on any atom is 0.265 e. The Hall–Kier alpha value is -2.09. The molecule has 7 nitrogen and oxygen atoms in total. The molecule has 2 rings (SSSR count). The molecule has 0 atom stereocenters. The first kappa shape index (κ1) is 14.3. The van der Waals surface area contributed by atoms with Crippen LogP contribution in [0.5, 0.6) is 0 Å². The summed E-state index contributed by atoms with van der Waals surface area (Å²) in [6.07, 6.45) is 3.77. The summed E-state index contributed by atoms with van der Waals surface area (Å²) in [6, 6.07) is 1.49. The van der Waals surface area contributed by atoms with E-state index in [1.54, 1.807) is 24.9 Å². The van der Waals surface area contributed by atoms with Gasteiger partial charge in [0.15, 0.2) is 0 Å². The van der Waals surface area contributed by atoms with Gasteiger partial charge in [-0.3, -0.25) is 9.40 Å². The Labute approximate surface area is 117 Å². The van der Waals surface area contributed by atoms with Gasteiger partial charge in [-0.2, -0.15) is 5.10 Å². The fourth-order valence-electron chi connectivity index (χ4n) is 1.85. The number of nitrogens with two attached hydrogens (primary N) is 1. The SMILES string of the molecule is CCc1nn(C)cc1NS(=O)(=O)c1cc(C)cnc1N. The number of nitrogens with one attached hydrogen (secondary N) is 1. The van der Waals surface area contributed by atoms with Crippen molar-refractivity contribution in [2.24, 2.45) is 7.05 Å². The summed E-state index contributed by atoms with van der Waals surface area (Å²) >= 11 is 0. The van der Waals surface area contributed by atoms with E-state index in [0.29, 0.717) is 17.8 Å². The largest absolute Gasteiger partial charge is 0.383 e. The third-order valence-electron chi connectivity index (χ3n) is 2.79. The lowest BCUT2D eigenvalue weighted by molar-refractivity contribution is 0.601. The van der Waals surface area contributed by atoms with Crippen LogP contribution in [0.2, 0.25) is 0 Å². The lowest BCUT2D eigenvalue weighted by Gasteiger charge is -2.09. The molecule has 0 saturated carbocycles. The smallest absolute Gasteiger partial charge is 0.265 e. The minimum atomic E-state index is -3.78. The molecule has 0 fully saturated rings. The summed E-state index contributed by atoms with van der Waals surface area (Å²) in [4.78, 5) is 3.85. The van der Waals surface area contributed by atoms with Gasteiger partial charge in [-0.05, 0) is 25.0 Å². The fourth-order valence-corrected chi connectivity index (χ4v) is 3.09. The number of aromatic nitrogens is 3. The molecule has 3 N–H and O–H groups in total. The normalized spacial score (nSPS) is 11.6. The van der Waals surface area contributed by atoms with Crippen molar-refractivity contribution >= 4 is 21.5 Å². The number of sulfonamides is 1. The lowest BCUT2D eigenvalue weighted by atomic mass is 10.3. The number of pyridine rings is 1. The summed E-state index contributed by atoms with van der Waals surface area (Å²) in [5.41, 5.74) is 7.51. The summed E-state index contributed by atoms with van der Waals surface area (Å²) in [5, 5.41) is 4.19. The maximum absolute atomic E-state index is 12.4. The predicted molar refractivity (Wildman–Crippen MR) is 76.8 cm³/mol. The molecule has 2 aromatic rings. The molecule has 0 aliphatic rings. The van der Waals surface area contributed by atoms with Crippen LogP contribution in [-0.4, -0.2) is 23.2 Å². The average molecular weight is 295 g/mol. The summed E-state index contributed by atoms with van der Waals surface area (Å²) in [7, 11) is -2.04. The van der Waals surface area contributed by atoms with E-state index in [-0.39, 0.29) is 10.7 Å².